The molecule has 62 valence electrons. The Hall–Kier alpha value is -1.36. The predicted octanol–water partition coefficient (Wildman–Crippen LogP) is 1.69. The van der Waals surface area contributed by atoms with E-state index >= 15 is 0 Å². The van der Waals surface area contributed by atoms with Gasteiger partial charge >= 0.3 is 0 Å². The van der Waals surface area contributed by atoms with E-state index in [4.69, 9.17) is 10.3 Å². The highest BCUT2D eigenvalue weighted by Crippen LogP contribution is 2.32. The third-order valence-corrected chi connectivity index (χ3v) is 2.68. The van der Waals surface area contributed by atoms with Crippen LogP contribution in [0.1, 0.15) is 5.56 Å². The third kappa shape index (κ3) is 0.984. The molecule has 4 nitrogen and oxygen atoms in total. The lowest BCUT2D eigenvalue weighted by Gasteiger charge is -1.91. The van der Waals surface area contributed by atoms with Crippen molar-refractivity contribution in [3.63, 3.8) is 0 Å². The van der Waals surface area contributed by atoms with Gasteiger partial charge in [0.05, 0.1) is 5.69 Å². The number of nitrogens with zero attached hydrogens (tertiary/aromatic N) is 2. The number of hydrogen-bond acceptors (Lipinski definition) is 5. The van der Waals surface area contributed by atoms with Crippen molar-refractivity contribution in [2.24, 2.45) is 0 Å². The lowest BCUT2D eigenvalue weighted by molar-refractivity contribution is 0.431. The van der Waals surface area contributed by atoms with Crippen LogP contribution in [-0.2, 0) is 0 Å². The smallest absolute Gasteiger partial charge is 0.269 e. The number of aromatic nitrogens is 2. The Kier molecular flexibility index (Phi) is 1.58. The summed E-state index contributed by atoms with van der Waals surface area (Å²) >= 11 is 1.51. The second-order valence-corrected chi connectivity index (χ2v) is 3.29. The Morgan fingerprint density at radius 2 is 2.42 bits per heavy atom. The molecule has 0 amide bonds. The second-order valence-electron chi connectivity index (χ2n) is 2.41. The van der Waals surface area contributed by atoms with E-state index in [1.807, 2.05) is 12.3 Å². The molecule has 5 heteroatoms. The van der Waals surface area contributed by atoms with E-state index in [0.29, 0.717) is 5.89 Å². The molecule has 2 rings (SSSR count). The average molecular weight is 181 g/mol. The first kappa shape index (κ1) is 7.30. The van der Waals surface area contributed by atoms with Gasteiger partial charge in [-0.1, -0.05) is 5.16 Å². The van der Waals surface area contributed by atoms with E-state index in [-0.39, 0.29) is 0 Å². The zero-order valence-corrected chi connectivity index (χ0v) is 7.26. The van der Waals surface area contributed by atoms with Gasteiger partial charge in [0.15, 0.2) is 6.33 Å². The molecule has 0 atom stereocenters. The number of hydrogen-bond donors (Lipinski definition) is 1. The van der Waals surface area contributed by atoms with Crippen molar-refractivity contribution < 1.29 is 4.52 Å². The minimum absolute atomic E-state index is 0.491. The first-order chi connectivity index (χ1) is 5.79. The van der Waals surface area contributed by atoms with Gasteiger partial charge in [0.2, 0.25) is 0 Å². The van der Waals surface area contributed by atoms with E-state index in [1.165, 1.54) is 17.7 Å². The maximum atomic E-state index is 5.78. The fourth-order valence-corrected chi connectivity index (χ4v) is 1.79. The number of nitrogen functional groups attached to an aromatic ring is 1. The van der Waals surface area contributed by atoms with Gasteiger partial charge in [-0.3, -0.25) is 0 Å². The van der Waals surface area contributed by atoms with Gasteiger partial charge < -0.3 is 10.3 Å². The minimum Gasteiger partial charge on any atom is -0.397 e. The summed E-state index contributed by atoms with van der Waals surface area (Å²) < 4.78 is 4.88. The van der Waals surface area contributed by atoms with Gasteiger partial charge in [-0.2, -0.15) is 4.98 Å². The van der Waals surface area contributed by atoms with Crippen molar-refractivity contribution >= 4 is 17.0 Å². The highest BCUT2D eigenvalue weighted by Gasteiger charge is 2.11. The van der Waals surface area contributed by atoms with E-state index in [9.17, 15) is 0 Å². The van der Waals surface area contributed by atoms with Crippen LogP contribution in [0.3, 0.4) is 0 Å². The SMILES string of the molecule is Cc1csc(-c2ncno2)c1N. The predicted molar refractivity (Wildman–Crippen MR) is 46.8 cm³/mol. The zero-order chi connectivity index (χ0) is 8.55. The highest BCUT2D eigenvalue weighted by atomic mass is 32.1. The molecule has 2 aromatic rings. The summed E-state index contributed by atoms with van der Waals surface area (Å²) in [4.78, 5) is 4.77. The Labute approximate surface area is 73.0 Å². The minimum atomic E-state index is 0.491. The molecule has 0 unspecified atom stereocenters. The standard InChI is InChI=1S/C7H7N3OS/c1-4-2-12-6(5(4)8)7-9-3-10-11-7/h2-3H,8H2,1H3. The molecular weight excluding hydrogens is 174 g/mol. The van der Waals surface area contributed by atoms with Crippen LogP contribution < -0.4 is 5.73 Å². The Morgan fingerprint density at radius 3 is 2.92 bits per heavy atom. The molecule has 0 aromatic carbocycles. The van der Waals surface area contributed by atoms with Gasteiger partial charge in [0, 0.05) is 0 Å². The molecule has 0 aliphatic rings. The molecule has 12 heavy (non-hydrogen) atoms. The van der Waals surface area contributed by atoms with Crippen molar-refractivity contribution in [2.75, 3.05) is 5.73 Å². The molecule has 2 aromatic heterocycles. The lowest BCUT2D eigenvalue weighted by Crippen LogP contribution is -1.86. The number of thiophene rings is 1. The summed E-state index contributed by atoms with van der Waals surface area (Å²) in [5.41, 5.74) is 7.55. The highest BCUT2D eigenvalue weighted by molar-refractivity contribution is 7.14. The van der Waals surface area contributed by atoms with Gasteiger partial charge in [-0.05, 0) is 17.9 Å². The largest absolute Gasteiger partial charge is 0.397 e. The molecule has 0 saturated heterocycles. The average Bonchev–Trinajstić information content (AvgIpc) is 2.64. The summed E-state index contributed by atoms with van der Waals surface area (Å²) in [6, 6.07) is 0. The molecular formula is C7H7N3OS. The number of anilines is 1. The van der Waals surface area contributed by atoms with Gasteiger partial charge in [0.25, 0.3) is 5.89 Å². The Balaban J connectivity index is 2.55. The summed E-state index contributed by atoms with van der Waals surface area (Å²) in [7, 11) is 0. The van der Waals surface area contributed by atoms with Gasteiger partial charge in [-0.15, -0.1) is 11.3 Å². The molecule has 0 radical (unpaired) electrons. The summed E-state index contributed by atoms with van der Waals surface area (Å²) in [6.45, 7) is 1.95. The van der Waals surface area contributed by atoms with Gasteiger partial charge in [-0.25, -0.2) is 0 Å². The van der Waals surface area contributed by atoms with Crippen molar-refractivity contribution in [2.45, 2.75) is 6.92 Å². The molecule has 2 N–H and O–H groups in total. The zero-order valence-electron chi connectivity index (χ0n) is 6.44. The van der Waals surface area contributed by atoms with E-state index in [0.717, 1.165) is 16.1 Å². The molecule has 0 aliphatic heterocycles. The fourth-order valence-electron chi connectivity index (χ4n) is 0.892. The van der Waals surface area contributed by atoms with Crippen LogP contribution in [-0.4, -0.2) is 10.1 Å². The Morgan fingerprint density at radius 1 is 1.58 bits per heavy atom. The van der Waals surface area contributed by atoms with Crippen molar-refractivity contribution in [1.29, 1.82) is 0 Å². The van der Waals surface area contributed by atoms with Gasteiger partial charge in [0.1, 0.15) is 4.88 Å². The lowest BCUT2D eigenvalue weighted by atomic mass is 10.3. The van der Waals surface area contributed by atoms with Crippen molar-refractivity contribution in [1.82, 2.24) is 10.1 Å². The monoisotopic (exact) mass is 181 g/mol. The van der Waals surface area contributed by atoms with Crippen LogP contribution in [0, 0.1) is 6.92 Å². The number of nitrogens with two attached hydrogens (primary N) is 1. The molecule has 2 heterocycles. The second kappa shape index (κ2) is 2.60. The van der Waals surface area contributed by atoms with E-state index in [2.05, 4.69) is 10.1 Å². The number of rotatable bonds is 1. The van der Waals surface area contributed by atoms with Crippen LogP contribution in [0.5, 0.6) is 0 Å². The molecule has 0 saturated carbocycles. The fraction of sp³-hybridized carbons (Fsp3) is 0.143. The van der Waals surface area contributed by atoms with Crippen LogP contribution >= 0.6 is 11.3 Å². The summed E-state index contributed by atoms with van der Waals surface area (Å²) in [5.74, 6) is 0.491. The van der Waals surface area contributed by atoms with Crippen LogP contribution in [0.25, 0.3) is 10.8 Å². The first-order valence-electron chi connectivity index (χ1n) is 3.39. The normalized spacial score (nSPS) is 10.4. The summed E-state index contributed by atoms with van der Waals surface area (Å²) in [5, 5.41) is 5.48. The maximum Gasteiger partial charge on any atom is 0.269 e. The van der Waals surface area contributed by atoms with E-state index < -0.39 is 0 Å². The van der Waals surface area contributed by atoms with Crippen molar-refractivity contribution in [3.05, 3.63) is 17.3 Å². The van der Waals surface area contributed by atoms with E-state index in [1.54, 1.807) is 0 Å². The van der Waals surface area contributed by atoms with Crippen molar-refractivity contribution in [3.8, 4) is 10.8 Å². The molecule has 0 spiro atoms. The molecule has 0 aliphatic carbocycles. The van der Waals surface area contributed by atoms with Crippen LogP contribution in [0.2, 0.25) is 0 Å². The first-order valence-corrected chi connectivity index (χ1v) is 4.27. The Bertz CT molecular complexity index is 379. The topological polar surface area (TPSA) is 64.9 Å². The summed E-state index contributed by atoms with van der Waals surface area (Å²) in [6.07, 6.45) is 1.36. The van der Waals surface area contributed by atoms with Crippen LogP contribution in [0.4, 0.5) is 5.69 Å². The number of aryl methyl sites for hydroxylation is 1. The molecule has 0 fully saturated rings. The molecule has 0 bridgehead atoms. The maximum absolute atomic E-state index is 5.78. The quantitative estimate of drug-likeness (QED) is 0.727. The van der Waals surface area contributed by atoms with Crippen LogP contribution in [0.15, 0.2) is 16.2 Å². The third-order valence-electron chi connectivity index (χ3n) is 1.58.